The Morgan fingerprint density at radius 3 is 2.55 bits per heavy atom. The summed E-state index contributed by atoms with van der Waals surface area (Å²) >= 11 is 0. The van der Waals surface area contributed by atoms with E-state index in [0.717, 1.165) is 16.7 Å². The summed E-state index contributed by atoms with van der Waals surface area (Å²) in [5, 5.41) is 7.07. The van der Waals surface area contributed by atoms with Crippen LogP contribution in [0.3, 0.4) is 0 Å². The van der Waals surface area contributed by atoms with Crippen LogP contribution in [0.25, 0.3) is 11.1 Å². The molecule has 0 bridgehead atoms. The van der Waals surface area contributed by atoms with Gasteiger partial charge < -0.3 is 14.7 Å². The second-order valence-corrected chi connectivity index (χ2v) is 8.73. The summed E-state index contributed by atoms with van der Waals surface area (Å²) in [5.41, 5.74) is 3.87. The van der Waals surface area contributed by atoms with Gasteiger partial charge in [-0.3, -0.25) is 9.59 Å². The second kappa shape index (κ2) is 9.61. The molecule has 1 N–H and O–H groups in total. The van der Waals surface area contributed by atoms with E-state index in [9.17, 15) is 9.59 Å². The Morgan fingerprint density at radius 1 is 1.09 bits per heavy atom. The lowest BCUT2D eigenvalue weighted by Gasteiger charge is -2.29. The number of carbonyl (C=O) groups excluding carboxylic acids is 2. The molecule has 1 fully saturated rings. The Hall–Kier alpha value is -3.41. The second-order valence-electron chi connectivity index (χ2n) is 8.73. The standard InChI is InChI=1S/C27H31N3O3/c1-4-23-24(19(3)33-29-23)25(31)30-16-15-27(18-30,26(32)28-5-2)17-21-13-9-10-14-22(21)20-11-7-6-8-12-20/h6-14H,4-5,15-18H2,1-3H3,(H,28,32)/t27-/m0/s1. The van der Waals surface area contributed by atoms with Gasteiger partial charge in [0.15, 0.2) is 0 Å². The van der Waals surface area contributed by atoms with Crippen molar-refractivity contribution in [2.75, 3.05) is 19.6 Å². The number of nitrogens with zero attached hydrogens (tertiary/aromatic N) is 2. The Bertz CT molecular complexity index is 1140. The van der Waals surface area contributed by atoms with Gasteiger partial charge in [-0.05, 0) is 49.8 Å². The average Bonchev–Trinajstić information content (AvgIpc) is 3.44. The maximum atomic E-state index is 13.4. The minimum atomic E-state index is -0.687. The largest absolute Gasteiger partial charge is 0.361 e. The number of rotatable bonds is 7. The molecular formula is C27H31N3O3. The van der Waals surface area contributed by atoms with Crippen LogP contribution in [-0.2, 0) is 17.6 Å². The van der Waals surface area contributed by atoms with Crippen molar-refractivity contribution in [3.05, 3.63) is 77.2 Å². The van der Waals surface area contributed by atoms with E-state index in [4.69, 9.17) is 4.52 Å². The molecule has 0 aliphatic carbocycles. The molecule has 2 aromatic carbocycles. The minimum Gasteiger partial charge on any atom is -0.361 e. The highest BCUT2D eigenvalue weighted by atomic mass is 16.5. The van der Waals surface area contributed by atoms with Crippen molar-refractivity contribution in [1.29, 1.82) is 0 Å². The lowest BCUT2D eigenvalue weighted by molar-refractivity contribution is -0.130. The predicted molar refractivity (Wildman–Crippen MR) is 128 cm³/mol. The van der Waals surface area contributed by atoms with E-state index in [-0.39, 0.29) is 11.8 Å². The number of hydrogen-bond donors (Lipinski definition) is 1. The zero-order valence-electron chi connectivity index (χ0n) is 19.6. The van der Waals surface area contributed by atoms with E-state index in [1.165, 1.54) is 0 Å². The van der Waals surface area contributed by atoms with Gasteiger partial charge in [-0.2, -0.15) is 0 Å². The quantitative estimate of drug-likeness (QED) is 0.584. The molecule has 0 unspecified atom stereocenters. The highest BCUT2D eigenvalue weighted by molar-refractivity contribution is 5.97. The van der Waals surface area contributed by atoms with Crippen LogP contribution in [0.5, 0.6) is 0 Å². The van der Waals surface area contributed by atoms with Gasteiger partial charge in [-0.15, -0.1) is 0 Å². The molecule has 6 heteroatoms. The fraction of sp³-hybridized carbons (Fsp3) is 0.370. The third-order valence-electron chi connectivity index (χ3n) is 6.57. The smallest absolute Gasteiger partial charge is 0.259 e. The molecule has 1 saturated heterocycles. The monoisotopic (exact) mass is 445 g/mol. The molecule has 4 rings (SSSR count). The number of nitrogens with one attached hydrogen (secondary N) is 1. The fourth-order valence-electron chi connectivity index (χ4n) is 4.83. The van der Waals surface area contributed by atoms with Gasteiger partial charge in [-0.1, -0.05) is 66.7 Å². The molecule has 1 atom stereocenters. The molecule has 1 aliphatic heterocycles. The van der Waals surface area contributed by atoms with Gasteiger partial charge in [0.25, 0.3) is 5.91 Å². The Labute approximate surface area is 195 Å². The summed E-state index contributed by atoms with van der Waals surface area (Å²) in [5.74, 6) is 0.427. The van der Waals surface area contributed by atoms with Gasteiger partial charge in [0.05, 0.1) is 11.1 Å². The number of benzene rings is 2. The molecule has 6 nitrogen and oxygen atoms in total. The van der Waals surface area contributed by atoms with E-state index in [0.29, 0.717) is 55.9 Å². The molecular weight excluding hydrogens is 414 g/mol. The minimum absolute atomic E-state index is 0.000852. The predicted octanol–water partition coefficient (Wildman–Crippen LogP) is 4.42. The lowest BCUT2D eigenvalue weighted by Crippen LogP contribution is -2.45. The lowest BCUT2D eigenvalue weighted by atomic mass is 9.78. The molecule has 1 aromatic heterocycles. The Balaban J connectivity index is 1.66. The summed E-state index contributed by atoms with van der Waals surface area (Å²) in [6, 6.07) is 18.4. The molecule has 2 amide bonds. The number of hydrogen-bond acceptors (Lipinski definition) is 4. The summed E-state index contributed by atoms with van der Waals surface area (Å²) in [6.45, 7) is 7.10. The Morgan fingerprint density at radius 2 is 1.82 bits per heavy atom. The van der Waals surface area contributed by atoms with Crippen LogP contribution in [0.4, 0.5) is 0 Å². The molecule has 33 heavy (non-hydrogen) atoms. The summed E-state index contributed by atoms with van der Waals surface area (Å²) in [4.78, 5) is 28.6. The van der Waals surface area contributed by atoms with Crippen LogP contribution < -0.4 is 5.32 Å². The van der Waals surface area contributed by atoms with Crippen molar-refractivity contribution in [3.8, 4) is 11.1 Å². The first-order valence-electron chi connectivity index (χ1n) is 11.6. The maximum Gasteiger partial charge on any atom is 0.259 e. The van der Waals surface area contributed by atoms with Crippen molar-refractivity contribution in [2.45, 2.75) is 40.0 Å². The van der Waals surface area contributed by atoms with Crippen molar-refractivity contribution in [2.24, 2.45) is 5.41 Å². The summed E-state index contributed by atoms with van der Waals surface area (Å²) < 4.78 is 5.29. The van der Waals surface area contributed by atoms with Crippen LogP contribution in [0.15, 0.2) is 59.1 Å². The SMILES string of the molecule is CCNC(=O)[C@]1(Cc2ccccc2-c2ccccc2)CCN(C(=O)c2c(CC)noc2C)C1. The van der Waals surface area contributed by atoms with Crippen molar-refractivity contribution in [1.82, 2.24) is 15.4 Å². The van der Waals surface area contributed by atoms with E-state index in [2.05, 4.69) is 34.7 Å². The third kappa shape index (κ3) is 4.42. The van der Waals surface area contributed by atoms with Gasteiger partial charge in [0.2, 0.25) is 5.91 Å². The average molecular weight is 446 g/mol. The van der Waals surface area contributed by atoms with Crippen LogP contribution in [-0.4, -0.2) is 41.5 Å². The molecule has 0 radical (unpaired) electrons. The molecule has 0 saturated carbocycles. The maximum absolute atomic E-state index is 13.4. The highest BCUT2D eigenvalue weighted by Crippen LogP contribution is 2.38. The highest BCUT2D eigenvalue weighted by Gasteiger charge is 2.46. The molecule has 2 heterocycles. The number of aryl methyl sites for hydroxylation is 2. The number of aromatic nitrogens is 1. The van der Waals surface area contributed by atoms with Crippen molar-refractivity contribution >= 4 is 11.8 Å². The fourth-order valence-corrected chi connectivity index (χ4v) is 4.83. The third-order valence-corrected chi connectivity index (χ3v) is 6.57. The first kappa shape index (κ1) is 22.8. The Kier molecular flexibility index (Phi) is 6.63. The molecule has 172 valence electrons. The summed E-state index contributed by atoms with van der Waals surface area (Å²) in [7, 11) is 0. The van der Waals surface area contributed by atoms with E-state index < -0.39 is 5.41 Å². The van der Waals surface area contributed by atoms with Gasteiger partial charge >= 0.3 is 0 Å². The van der Waals surface area contributed by atoms with Crippen molar-refractivity contribution < 1.29 is 14.1 Å². The van der Waals surface area contributed by atoms with E-state index >= 15 is 0 Å². The number of likely N-dealkylation sites (tertiary alicyclic amines) is 1. The van der Waals surface area contributed by atoms with Gasteiger partial charge in [0.1, 0.15) is 11.3 Å². The molecule has 1 aliphatic rings. The van der Waals surface area contributed by atoms with Crippen LogP contribution in [0.1, 0.15) is 47.6 Å². The number of amides is 2. The van der Waals surface area contributed by atoms with Crippen LogP contribution >= 0.6 is 0 Å². The zero-order chi connectivity index (χ0) is 23.4. The van der Waals surface area contributed by atoms with Crippen molar-refractivity contribution in [3.63, 3.8) is 0 Å². The zero-order valence-corrected chi connectivity index (χ0v) is 19.6. The van der Waals surface area contributed by atoms with Crippen LogP contribution in [0.2, 0.25) is 0 Å². The molecule has 3 aromatic rings. The molecule has 0 spiro atoms. The first-order chi connectivity index (χ1) is 16.0. The van der Waals surface area contributed by atoms with E-state index in [1.54, 1.807) is 11.8 Å². The van der Waals surface area contributed by atoms with Gasteiger partial charge in [-0.25, -0.2) is 0 Å². The topological polar surface area (TPSA) is 75.4 Å². The summed E-state index contributed by atoms with van der Waals surface area (Å²) in [6.07, 6.45) is 1.80. The normalized spacial score (nSPS) is 17.8. The van der Waals surface area contributed by atoms with Gasteiger partial charge in [0, 0.05) is 19.6 Å². The first-order valence-corrected chi connectivity index (χ1v) is 11.6. The van der Waals surface area contributed by atoms with Crippen LogP contribution in [0, 0.1) is 12.3 Å². The number of carbonyl (C=O) groups is 2. The van der Waals surface area contributed by atoms with E-state index in [1.807, 2.05) is 44.2 Å².